The van der Waals surface area contributed by atoms with E-state index in [1.807, 2.05) is 0 Å². The Labute approximate surface area is 187 Å². The van der Waals surface area contributed by atoms with E-state index in [1.165, 1.54) is 41.3 Å². The highest BCUT2D eigenvalue weighted by atomic mass is 79.9. The van der Waals surface area contributed by atoms with Gasteiger partial charge in [-0.05, 0) is 58.4 Å². The topological polar surface area (TPSA) is 76.6 Å². The van der Waals surface area contributed by atoms with Crippen LogP contribution in [0.3, 0.4) is 0 Å². The zero-order chi connectivity index (χ0) is 21.4. The lowest BCUT2D eigenvalue weighted by atomic mass is 10.1. The van der Waals surface area contributed by atoms with Crippen molar-refractivity contribution in [3.05, 3.63) is 85.7 Å². The van der Waals surface area contributed by atoms with Crippen molar-refractivity contribution in [2.45, 2.75) is 0 Å². The monoisotopic (exact) mass is 504 g/mol. The van der Waals surface area contributed by atoms with Crippen LogP contribution in [0.15, 0.2) is 68.4 Å². The van der Waals surface area contributed by atoms with Crippen LogP contribution in [0.1, 0.15) is 5.76 Å². The van der Waals surface area contributed by atoms with Crippen LogP contribution in [0.2, 0.25) is 0 Å². The highest BCUT2D eigenvalue weighted by Crippen LogP contribution is 2.37. The third kappa shape index (κ3) is 3.93. The van der Waals surface area contributed by atoms with Crippen molar-refractivity contribution in [2.75, 3.05) is 4.90 Å². The third-order valence-corrected chi connectivity index (χ3v) is 6.17. The molecule has 30 heavy (non-hydrogen) atoms. The molecule has 0 N–H and O–H groups in total. The molecule has 0 unspecified atom stereocenters. The van der Waals surface area contributed by atoms with E-state index < -0.39 is 10.7 Å². The van der Waals surface area contributed by atoms with Gasteiger partial charge in [0.15, 0.2) is 4.32 Å². The molecule has 4 rings (SSSR count). The second-order valence-electron chi connectivity index (χ2n) is 6.12. The first-order chi connectivity index (χ1) is 14.3. The van der Waals surface area contributed by atoms with Gasteiger partial charge in [-0.15, -0.1) is 0 Å². The molecule has 1 aliphatic heterocycles. The average Bonchev–Trinajstić information content (AvgIpc) is 3.27. The van der Waals surface area contributed by atoms with Crippen molar-refractivity contribution < 1.29 is 18.5 Å². The number of thioether (sulfide) groups is 1. The van der Waals surface area contributed by atoms with Gasteiger partial charge >= 0.3 is 0 Å². The molecule has 1 aliphatic rings. The molecular formula is C20H10BrFN2O4S2. The van der Waals surface area contributed by atoms with Gasteiger partial charge in [0.05, 0.1) is 15.5 Å². The molecule has 1 amide bonds. The number of rotatable bonds is 4. The number of thiocarbonyl (C=S) groups is 1. The van der Waals surface area contributed by atoms with E-state index in [0.29, 0.717) is 36.5 Å². The number of halogens is 2. The summed E-state index contributed by atoms with van der Waals surface area (Å²) in [6.45, 7) is 0. The van der Waals surface area contributed by atoms with Crippen molar-refractivity contribution in [1.82, 2.24) is 0 Å². The van der Waals surface area contributed by atoms with Gasteiger partial charge in [0.2, 0.25) is 0 Å². The van der Waals surface area contributed by atoms with Crippen molar-refractivity contribution in [1.29, 1.82) is 0 Å². The summed E-state index contributed by atoms with van der Waals surface area (Å²) in [7, 11) is 0. The molecule has 150 valence electrons. The quantitative estimate of drug-likeness (QED) is 0.183. The van der Waals surface area contributed by atoms with Crippen LogP contribution in [0.4, 0.5) is 15.8 Å². The number of benzene rings is 2. The Hall–Kier alpha value is -2.82. The first-order valence-electron chi connectivity index (χ1n) is 8.41. The van der Waals surface area contributed by atoms with Gasteiger partial charge in [-0.3, -0.25) is 19.8 Å². The minimum atomic E-state index is -0.481. The minimum absolute atomic E-state index is 0.0399. The number of anilines is 1. The Morgan fingerprint density at radius 1 is 1.17 bits per heavy atom. The first kappa shape index (κ1) is 20.5. The van der Waals surface area contributed by atoms with Crippen LogP contribution < -0.4 is 4.90 Å². The number of carbonyl (C=O) groups excluding carboxylic acids is 1. The van der Waals surface area contributed by atoms with Crippen LogP contribution in [-0.4, -0.2) is 15.2 Å². The number of hydrogen-bond acceptors (Lipinski definition) is 6. The van der Waals surface area contributed by atoms with Crippen LogP contribution >= 0.6 is 39.9 Å². The number of nitro groups is 1. The largest absolute Gasteiger partial charge is 0.457 e. The Bertz CT molecular complexity index is 1220. The van der Waals surface area contributed by atoms with Gasteiger partial charge in [-0.25, -0.2) is 4.39 Å². The van der Waals surface area contributed by atoms with E-state index in [9.17, 15) is 19.3 Å². The smallest absolute Gasteiger partial charge is 0.270 e. The number of nitro benzene ring substituents is 1. The summed E-state index contributed by atoms with van der Waals surface area (Å²) in [5.41, 5.74) is 1.08. The van der Waals surface area contributed by atoms with Crippen LogP contribution in [0.5, 0.6) is 0 Å². The highest BCUT2D eigenvalue weighted by Gasteiger charge is 2.33. The van der Waals surface area contributed by atoms with Gasteiger partial charge < -0.3 is 4.42 Å². The van der Waals surface area contributed by atoms with E-state index in [2.05, 4.69) is 15.9 Å². The highest BCUT2D eigenvalue weighted by molar-refractivity contribution is 9.10. The maximum Gasteiger partial charge on any atom is 0.270 e. The second kappa shape index (κ2) is 8.13. The second-order valence-corrected chi connectivity index (χ2v) is 8.65. The van der Waals surface area contributed by atoms with Crippen molar-refractivity contribution in [3.8, 4) is 11.3 Å². The SMILES string of the molecule is O=C1/C(=C\c2ccc(-c3ccc([N+](=O)[O-])cc3Br)o2)SC(=S)N1c1ccc(F)cc1. The van der Waals surface area contributed by atoms with Crippen LogP contribution in [0.25, 0.3) is 17.4 Å². The molecule has 3 aromatic rings. The molecule has 0 bridgehead atoms. The van der Waals surface area contributed by atoms with E-state index in [0.717, 1.165) is 11.8 Å². The zero-order valence-electron chi connectivity index (χ0n) is 14.9. The van der Waals surface area contributed by atoms with Crippen LogP contribution in [-0.2, 0) is 4.79 Å². The predicted octanol–water partition coefficient (Wildman–Crippen LogP) is 6.16. The number of nitrogens with zero attached hydrogens (tertiary/aromatic N) is 2. The summed E-state index contributed by atoms with van der Waals surface area (Å²) < 4.78 is 19.8. The number of hydrogen-bond donors (Lipinski definition) is 0. The minimum Gasteiger partial charge on any atom is -0.457 e. The molecule has 1 saturated heterocycles. The Morgan fingerprint density at radius 3 is 2.57 bits per heavy atom. The summed E-state index contributed by atoms with van der Waals surface area (Å²) in [5, 5.41) is 10.9. The molecule has 1 fully saturated rings. The molecule has 0 spiro atoms. The summed E-state index contributed by atoms with van der Waals surface area (Å²) >= 11 is 9.74. The molecule has 6 nitrogen and oxygen atoms in total. The van der Waals surface area contributed by atoms with Crippen molar-refractivity contribution in [3.63, 3.8) is 0 Å². The van der Waals surface area contributed by atoms with E-state index >= 15 is 0 Å². The lowest BCUT2D eigenvalue weighted by molar-refractivity contribution is -0.384. The Morgan fingerprint density at radius 2 is 1.90 bits per heavy atom. The first-order valence-corrected chi connectivity index (χ1v) is 10.4. The fourth-order valence-electron chi connectivity index (χ4n) is 2.80. The van der Waals surface area contributed by atoms with Gasteiger partial charge in [-0.1, -0.05) is 24.0 Å². The average molecular weight is 505 g/mol. The lowest BCUT2D eigenvalue weighted by Crippen LogP contribution is -2.27. The number of furan rings is 1. The fraction of sp³-hybridized carbons (Fsp3) is 0. The maximum atomic E-state index is 13.2. The normalized spacial score (nSPS) is 15.3. The summed E-state index contributed by atoms with van der Waals surface area (Å²) in [5.74, 6) is 0.179. The third-order valence-electron chi connectivity index (χ3n) is 4.21. The number of non-ortho nitro benzene ring substituents is 1. The summed E-state index contributed by atoms with van der Waals surface area (Å²) in [6.07, 6.45) is 1.58. The summed E-state index contributed by atoms with van der Waals surface area (Å²) in [6, 6.07) is 13.3. The predicted molar refractivity (Wildman–Crippen MR) is 121 cm³/mol. The molecule has 0 radical (unpaired) electrons. The zero-order valence-corrected chi connectivity index (χ0v) is 18.1. The van der Waals surface area contributed by atoms with Crippen molar-refractivity contribution >= 4 is 67.6 Å². The molecule has 0 aliphatic carbocycles. The molecule has 0 saturated carbocycles. The number of carbonyl (C=O) groups is 1. The van der Waals surface area contributed by atoms with Crippen LogP contribution in [0, 0.1) is 15.9 Å². The molecule has 2 aromatic carbocycles. The number of amides is 1. The van der Waals surface area contributed by atoms with Gasteiger partial charge in [0.1, 0.15) is 17.3 Å². The Kier molecular flexibility index (Phi) is 5.54. The molecule has 0 atom stereocenters. The molecule has 2 heterocycles. The van der Waals surface area contributed by atoms with E-state index in [1.54, 1.807) is 24.3 Å². The molecule has 1 aromatic heterocycles. The van der Waals surface area contributed by atoms with Gasteiger partial charge in [-0.2, -0.15) is 0 Å². The van der Waals surface area contributed by atoms with Gasteiger partial charge in [0, 0.05) is 28.2 Å². The Balaban J connectivity index is 1.60. The lowest BCUT2D eigenvalue weighted by Gasteiger charge is -2.14. The van der Waals surface area contributed by atoms with E-state index in [-0.39, 0.29) is 11.6 Å². The van der Waals surface area contributed by atoms with Crippen molar-refractivity contribution in [2.24, 2.45) is 0 Å². The molecule has 10 heteroatoms. The fourth-order valence-corrected chi connectivity index (χ4v) is 4.64. The van der Waals surface area contributed by atoms with E-state index in [4.69, 9.17) is 16.6 Å². The summed E-state index contributed by atoms with van der Waals surface area (Å²) in [4.78, 5) is 24.9. The standard InChI is InChI=1S/C20H10BrFN2O4S2/c21-16-9-13(24(26)27)5-7-15(16)17-8-6-14(28-17)10-18-19(25)23(20(29)30-18)12-3-1-11(22)2-4-12/h1-10H/b18-10+. The maximum absolute atomic E-state index is 13.2. The molecular weight excluding hydrogens is 495 g/mol. The van der Waals surface area contributed by atoms with Gasteiger partial charge in [0.25, 0.3) is 11.6 Å².